The van der Waals surface area contributed by atoms with E-state index >= 15 is 0 Å². The molecule has 0 saturated heterocycles. The lowest BCUT2D eigenvalue weighted by atomic mass is 10.3. The fraction of sp³-hybridized carbons (Fsp3) is 0.0769. The lowest BCUT2D eigenvalue weighted by Gasteiger charge is -2.07. The molecular weight excluding hydrogens is 232 g/mol. The van der Waals surface area contributed by atoms with Crippen molar-refractivity contribution in [3.05, 3.63) is 48.7 Å². The lowest BCUT2D eigenvalue weighted by molar-refractivity contribution is -0.133. The van der Waals surface area contributed by atoms with Gasteiger partial charge in [0, 0.05) is 18.7 Å². The maximum absolute atomic E-state index is 11.0. The molecule has 0 aliphatic rings. The monoisotopic (exact) mass is 244 g/mol. The smallest absolute Gasteiger partial charge is 0.310 e. The summed E-state index contributed by atoms with van der Waals surface area (Å²) in [5.74, 6) is -0.0987. The third-order valence-corrected chi connectivity index (χ3v) is 1.98. The quantitative estimate of drug-likeness (QED) is 0.501. The Hall–Kier alpha value is -2.56. The number of nitrogens with zero attached hydrogens (tertiary/aromatic N) is 1. The summed E-state index contributed by atoms with van der Waals surface area (Å²) >= 11 is 0. The molecule has 0 aliphatic carbocycles. The van der Waals surface area contributed by atoms with Crippen LogP contribution in [-0.4, -0.2) is 12.0 Å². The van der Waals surface area contributed by atoms with E-state index in [2.05, 4.69) is 10.3 Å². The van der Waals surface area contributed by atoms with Crippen molar-refractivity contribution in [3.63, 3.8) is 0 Å². The first-order valence-electron chi connectivity index (χ1n) is 5.37. The highest BCUT2D eigenvalue weighted by molar-refractivity contribution is 5.96. The maximum atomic E-state index is 11.0. The van der Waals surface area contributed by atoms with Gasteiger partial charge in [-0.3, -0.25) is 4.79 Å². The second-order valence-corrected chi connectivity index (χ2v) is 3.45. The molecule has 18 heavy (non-hydrogen) atoms. The van der Waals surface area contributed by atoms with Crippen LogP contribution in [-0.2, 0) is 9.53 Å². The van der Waals surface area contributed by atoms with Gasteiger partial charge in [-0.1, -0.05) is 18.2 Å². The predicted octanol–water partition coefficient (Wildman–Crippen LogP) is 2.94. The Morgan fingerprint density at radius 3 is 2.61 bits per heavy atom. The number of anilines is 1. The minimum atomic E-state index is -0.455. The summed E-state index contributed by atoms with van der Waals surface area (Å²) in [6.45, 7) is 1.31. The van der Waals surface area contributed by atoms with Gasteiger partial charge in [0.15, 0.2) is 0 Å². The van der Waals surface area contributed by atoms with Crippen LogP contribution >= 0.6 is 0 Å². The zero-order valence-electron chi connectivity index (χ0n) is 9.79. The molecule has 0 fully saturated rings. The molecule has 0 spiro atoms. The van der Waals surface area contributed by atoms with E-state index in [1.54, 1.807) is 12.1 Å². The van der Waals surface area contributed by atoms with Crippen molar-refractivity contribution in [3.8, 4) is 0 Å². The van der Waals surface area contributed by atoms with E-state index in [0.717, 1.165) is 5.69 Å². The van der Waals surface area contributed by atoms with Crippen LogP contribution in [0.5, 0.6) is 0 Å². The highest BCUT2D eigenvalue weighted by atomic mass is 16.6. The number of amidine groups is 1. The second-order valence-electron chi connectivity index (χ2n) is 3.45. The maximum Gasteiger partial charge on any atom is 0.310 e. The molecule has 1 heterocycles. The lowest BCUT2D eigenvalue weighted by Crippen LogP contribution is -2.18. The van der Waals surface area contributed by atoms with E-state index < -0.39 is 5.97 Å². The third-order valence-electron chi connectivity index (χ3n) is 1.98. The van der Waals surface area contributed by atoms with Gasteiger partial charge in [-0.2, -0.15) is 4.99 Å². The Morgan fingerprint density at radius 1 is 1.22 bits per heavy atom. The third kappa shape index (κ3) is 3.48. The number of furan rings is 1. The predicted molar refractivity (Wildman–Crippen MR) is 67.6 cm³/mol. The molecule has 5 nitrogen and oxygen atoms in total. The number of hydrogen-bond acceptors (Lipinski definition) is 4. The van der Waals surface area contributed by atoms with Gasteiger partial charge in [0.1, 0.15) is 0 Å². The molecular formula is C13H12N2O3. The molecule has 0 bridgehead atoms. The molecule has 0 atom stereocenters. The number of hydrogen-bond donors (Lipinski definition) is 1. The van der Waals surface area contributed by atoms with Gasteiger partial charge in [-0.25, -0.2) is 0 Å². The number of benzene rings is 1. The summed E-state index contributed by atoms with van der Waals surface area (Å²) in [5, 5.41) is 2.90. The molecule has 0 amide bonds. The van der Waals surface area contributed by atoms with Gasteiger partial charge in [0.2, 0.25) is 5.88 Å². The van der Waals surface area contributed by atoms with Crippen LogP contribution < -0.4 is 5.32 Å². The first-order chi connectivity index (χ1) is 8.74. The minimum Gasteiger partial charge on any atom is -0.447 e. The number of esters is 1. The van der Waals surface area contributed by atoms with Crippen molar-refractivity contribution in [2.45, 2.75) is 6.92 Å². The first-order valence-corrected chi connectivity index (χ1v) is 5.37. The van der Waals surface area contributed by atoms with E-state index in [0.29, 0.717) is 5.88 Å². The zero-order chi connectivity index (χ0) is 12.8. The van der Waals surface area contributed by atoms with Crippen LogP contribution in [0.4, 0.5) is 11.6 Å². The summed E-state index contributed by atoms with van der Waals surface area (Å²) in [7, 11) is 0. The van der Waals surface area contributed by atoms with Gasteiger partial charge in [-0.15, -0.1) is 0 Å². The molecule has 1 N–H and O–H groups in total. The summed E-state index contributed by atoms with van der Waals surface area (Å²) < 4.78 is 10.0. The molecule has 0 aliphatic heterocycles. The number of nitrogens with one attached hydrogen (secondary N) is 1. The largest absolute Gasteiger partial charge is 0.447 e. The fourth-order valence-electron chi connectivity index (χ4n) is 1.29. The molecule has 2 aromatic rings. The van der Waals surface area contributed by atoms with Gasteiger partial charge in [-0.05, 0) is 18.2 Å². The van der Waals surface area contributed by atoms with Gasteiger partial charge in [0.05, 0.1) is 6.26 Å². The molecule has 0 radical (unpaired) electrons. The van der Waals surface area contributed by atoms with Crippen LogP contribution in [0.2, 0.25) is 0 Å². The van der Waals surface area contributed by atoms with Crippen LogP contribution in [0.25, 0.3) is 0 Å². The summed E-state index contributed by atoms with van der Waals surface area (Å²) in [4.78, 5) is 15.0. The summed E-state index contributed by atoms with van der Waals surface area (Å²) in [6.07, 6.45) is 1.49. The van der Waals surface area contributed by atoms with Gasteiger partial charge in [0.25, 0.3) is 0 Å². The summed E-state index contributed by atoms with van der Waals surface area (Å²) in [5.41, 5.74) is 0.768. The Morgan fingerprint density at radius 2 is 2.00 bits per heavy atom. The highest BCUT2D eigenvalue weighted by Gasteiger charge is 2.06. The topological polar surface area (TPSA) is 63.8 Å². The number of aliphatic imine (C=N–C) groups is 1. The van der Waals surface area contributed by atoms with E-state index in [4.69, 9.17) is 9.15 Å². The molecule has 1 aromatic heterocycles. The number of ether oxygens (including phenoxy) is 1. The Bertz CT molecular complexity index is 533. The highest BCUT2D eigenvalue weighted by Crippen LogP contribution is 2.13. The van der Waals surface area contributed by atoms with E-state index in [1.807, 2.05) is 30.3 Å². The Labute approximate surface area is 104 Å². The second kappa shape index (κ2) is 5.67. The molecule has 0 saturated carbocycles. The SMILES string of the molecule is CC(=O)O/C(=N/c1ccco1)Nc1ccccc1. The minimum absolute atomic E-state index is 0.0728. The number of carbonyl (C=O) groups excluding carboxylic acids is 1. The average Bonchev–Trinajstić information content (AvgIpc) is 2.82. The average molecular weight is 244 g/mol. The number of rotatable bonds is 2. The van der Waals surface area contributed by atoms with Crippen molar-refractivity contribution in [2.75, 3.05) is 5.32 Å². The van der Waals surface area contributed by atoms with Crippen molar-refractivity contribution >= 4 is 23.6 Å². The van der Waals surface area contributed by atoms with Crippen molar-refractivity contribution in [1.29, 1.82) is 0 Å². The van der Waals surface area contributed by atoms with Crippen LogP contribution in [0.1, 0.15) is 6.92 Å². The molecule has 0 unspecified atom stereocenters. The van der Waals surface area contributed by atoms with E-state index in [1.165, 1.54) is 13.2 Å². The Kier molecular flexibility index (Phi) is 3.76. The molecule has 92 valence electrons. The van der Waals surface area contributed by atoms with Crippen molar-refractivity contribution in [2.24, 2.45) is 4.99 Å². The number of para-hydroxylation sites is 1. The molecule has 1 aromatic carbocycles. The number of carbonyl (C=O) groups is 1. The summed E-state index contributed by atoms with van der Waals surface area (Å²) in [6, 6.07) is 12.7. The first kappa shape index (κ1) is 11.9. The van der Waals surface area contributed by atoms with Crippen molar-refractivity contribution < 1.29 is 13.9 Å². The van der Waals surface area contributed by atoms with Crippen molar-refractivity contribution in [1.82, 2.24) is 0 Å². The van der Waals surface area contributed by atoms with Crippen LogP contribution in [0.3, 0.4) is 0 Å². The zero-order valence-corrected chi connectivity index (χ0v) is 9.79. The van der Waals surface area contributed by atoms with E-state index in [-0.39, 0.29) is 6.02 Å². The molecule has 5 heteroatoms. The molecule has 2 rings (SSSR count). The van der Waals surface area contributed by atoms with Crippen LogP contribution in [0, 0.1) is 0 Å². The van der Waals surface area contributed by atoms with Gasteiger partial charge >= 0.3 is 12.0 Å². The fourth-order valence-corrected chi connectivity index (χ4v) is 1.29. The normalized spacial score (nSPS) is 11.1. The standard InChI is InChI=1S/C13H12N2O3/c1-10(16)18-13(15-12-8-5-9-17-12)14-11-6-3-2-4-7-11/h2-9H,1H3,(H,14,15). The van der Waals surface area contributed by atoms with Crippen LogP contribution in [0.15, 0.2) is 58.1 Å². The Balaban J connectivity index is 2.18. The van der Waals surface area contributed by atoms with E-state index in [9.17, 15) is 4.79 Å². The van der Waals surface area contributed by atoms with Gasteiger partial charge < -0.3 is 14.5 Å².